The SMILES string of the molecule is CCCCCCC/C=C\C/C=C\CCCCCCCCCCCCCCCCCCCC(=O)OCC(COC(=O)CCCCCCCCCCCCCCCCCC)OC(=O)CCCCCCCCC/C=C\CCCCCCCC. The summed E-state index contributed by atoms with van der Waals surface area (Å²) in [6.45, 7) is 6.70. The average molecular weight is 1120 g/mol. The Morgan fingerprint density at radius 3 is 0.700 bits per heavy atom. The Labute approximate surface area is 499 Å². The second kappa shape index (κ2) is 69.1. The summed E-state index contributed by atoms with van der Waals surface area (Å²) < 4.78 is 17.0. The van der Waals surface area contributed by atoms with E-state index < -0.39 is 6.10 Å². The number of ether oxygens (including phenoxy) is 3. The number of unbranched alkanes of at least 4 members (excludes halogenated alkanes) is 50. The lowest BCUT2D eigenvalue weighted by Crippen LogP contribution is -2.30. The highest BCUT2D eigenvalue weighted by Crippen LogP contribution is 2.18. The molecule has 0 amide bonds. The lowest BCUT2D eigenvalue weighted by Gasteiger charge is -2.18. The topological polar surface area (TPSA) is 78.9 Å². The molecule has 0 spiro atoms. The number of hydrogen-bond acceptors (Lipinski definition) is 6. The normalized spacial score (nSPS) is 12.2. The monoisotopic (exact) mass is 1120 g/mol. The van der Waals surface area contributed by atoms with Crippen molar-refractivity contribution in [2.45, 2.75) is 406 Å². The molecule has 0 heterocycles. The summed E-state index contributed by atoms with van der Waals surface area (Å²) in [4.78, 5) is 38.4. The first-order chi connectivity index (χ1) is 39.5. The van der Waals surface area contributed by atoms with E-state index in [2.05, 4.69) is 57.2 Å². The van der Waals surface area contributed by atoms with Crippen molar-refractivity contribution in [2.24, 2.45) is 0 Å². The predicted molar refractivity (Wildman–Crippen MR) is 349 cm³/mol. The number of carbonyl (C=O) groups is 3. The van der Waals surface area contributed by atoms with Gasteiger partial charge in [-0.05, 0) is 77.0 Å². The van der Waals surface area contributed by atoms with Gasteiger partial charge in [0.15, 0.2) is 6.10 Å². The maximum absolute atomic E-state index is 12.9. The van der Waals surface area contributed by atoms with Gasteiger partial charge in [-0.25, -0.2) is 0 Å². The molecular weight excluding hydrogens is 985 g/mol. The molecule has 0 saturated carbocycles. The number of carbonyl (C=O) groups excluding carboxylic acids is 3. The van der Waals surface area contributed by atoms with E-state index in [-0.39, 0.29) is 31.1 Å². The average Bonchev–Trinajstić information content (AvgIpc) is 3.46. The maximum Gasteiger partial charge on any atom is 0.306 e. The second-order valence-electron chi connectivity index (χ2n) is 24.5. The summed E-state index contributed by atoms with van der Waals surface area (Å²) in [5.41, 5.74) is 0. The Morgan fingerprint density at radius 1 is 0.250 bits per heavy atom. The standard InChI is InChI=1S/C74H138O6/c1-4-7-10-13-16-19-22-25-28-31-32-33-34-35-36-37-38-39-40-41-42-44-46-49-52-55-58-61-64-67-73(76)79-70-71(69-78-72(75)66-63-60-57-54-51-48-45-30-27-24-21-18-15-12-9-6-3)80-74(77)68-65-62-59-56-53-50-47-43-29-26-23-20-17-14-11-8-5-2/h22,25-26,29,31-32,71H,4-21,23-24,27-28,30,33-70H2,1-3H3/b25-22-,29-26-,32-31-. The third-order valence-corrected chi connectivity index (χ3v) is 16.4. The Bertz CT molecular complexity index is 1340. The van der Waals surface area contributed by atoms with E-state index >= 15 is 0 Å². The molecule has 6 heteroatoms. The first kappa shape index (κ1) is 77.6. The molecule has 0 aliphatic rings. The lowest BCUT2D eigenvalue weighted by atomic mass is 10.0. The van der Waals surface area contributed by atoms with E-state index in [1.807, 2.05) is 0 Å². The quantitative estimate of drug-likeness (QED) is 0.0261. The smallest absolute Gasteiger partial charge is 0.306 e. The molecule has 0 rings (SSSR count). The first-order valence-electron chi connectivity index (χ1n) is 36.0. The van der Waals surface area contributed by atoms with Crippen LogP contribution in [-0.4, -0.2) is 37.2 Å². The minimum absolute atomic E-state index is 0.0677. The van der Waals surface area contributed by atoms with Crippen LogP contribution in [0.1, 0.15) is 400 Å². The predicted octanol–water partition coefficient (Wildman–Crippen LogP) is 24.7. The number of hydrogen-bond donors (Lipinski definition) is 0. The van der Waals surface area contributed by atoms with Crippen LogP contribution >= 0.6 is 0 Å². The molecule has 0 radical (unpaired) electrons. The van der Waals surface area contributed by atoms with Gasteiger partial charge in [-0.3, -0.25) is 14.4 Å². The van der Waals surface area contributed by atoms with Crippen LogP contribution in [0.15, 0.2) is 36.5 Å². The first-order valence-corrected chi connectivity index (χ1v) is 36.0. The maximum atomic E-state index is 12.9. The number of allylic oxidation sites excluding steroid dienone is 6. The third kappa shape index (κ3) is 66.4. The van der Waals surface area contributed by atoms with Crippen LogP contribution in [0.25, 0.3) is 0 Å². The highest BCUT2D eigenvalue weighted by atomic mass is 16.6. The van der Waals surface area contributed by atoms with Gasteiger partial charge in [-0.15, -0.1) is 0 Å². The fraction of sp³-hybridized carbons (Fsp3) is 0.878. The van der Waals surface area contributed by atoms with Crippen molar-refractivity contribution in [2.75, 3.05) is 13.2 Å². The summed E-state index contributed by atoms with van der Waals surface area (Å²) in [5, 5.41) is 0. The molecular formula is C74H138O6. The van der Waals surface area contributed by atoms with Crippen molar-refractivity contribution in [3.8, 4) is 0 Å². The Balaban J connectivity index is 4.21. The molecule has 6 nitrogen and oxygen atoms in total. The highest BCUT2D eigenvalue weighted by Gasteiger charge is 2.19. The van der Waals surface area contributed by atoms with E-state index in [0.717, 1.165) is 64.2 Å². The van der Waals surface area contributed by atoms with Gasteiger partial charge in [-0.1, -0.05) is 340 Å². The second-order valence-corrected chi connectivity index (χ2v) is 24.5. The molecule has 0 fully saturated rings. The van der Waals surface area contributed by atoms with Gasteiger partial charge in [-0.2, -0.15) is 0 Å². The summed E-state index contributed by atoms with van der Waals surface area (Å²) in [7, 11) is 0. The van der Waals surface area contributed by atoms with Crippen molar-refractivity contribution in [3.63, 3.8) is 0 Å². The zero-order valence-electron chi connectivity index (χ0n) is 54.1. The fourth-order valence-electron chi connectivity index (χ4n) is 10.9. The minimum atomic E-state index is -0.772. The molecule has 0 aromatic carbocycles. The fourth-order valence-corrected chi connectivity index (χ4v) is 10.9. The Morgan fingerprint density at radius 2 is 0.450 bits per heavy atom. The van der Waals surface area contributed by atoms with Crippen LogP contribution in [-0.2, 0) is 28.6 Å². The van der Waals surface area contributed by atoms with E-state index in [1.54, 1.807) is 0 Å². The summed E-state index contributed by atoms with van der Waals surface area (Å²) in [5.74, 6) is -0.841. The molecule has 0 aromatic heterocycles. The zero-order chi connectivity index (χ0) is 57.8. The summed E-state index contributed by atoms with van der Waals surface area (Å²) in [6, 6.07) is 0. The summed E-state index contributed by atoms with van der Waals surface area (Å²) >= 11 is 0. The number of rotatable bonds is 67. The molecule has 0 saturated heterocycles. The van der Waals surface area contributed by atoms with Crippen LogP contribution in [0.5, 0.6) is 0 Å². The molecule has 80 heavy (non-hydrogen) atoms. The van der Waals surface area contributed by atoms with Crippen molar-refractivity contribution in [1.29, 1.82) is 0 Å². The lowest BCUT2D eigenvalue weighted by molar-refractivity contribution is -0.167. The molecule has 0 bridgehead atoms. The van der Waals surface area contributed by atoms with Gasteiger partial charge >= 0.3 is 17.9 Å². The Kier molecular flexibility index (Phi) is 67.1. The zero-order valence-corrected chi connectivity index (χ0v) is 54.1. The van der Waals surface area contributed by atoms with Crippen molar-refractivity contribution >= 4 is 17.9 Å². The van der Waals surface area contributed by atoms with Gasteiger partial charge in [0.25, 0.3) is 0 Å². The van der Waals surface area contributed by atoms with Crippen LogP contribution in [0.4, 0.5) is 0 Å². The van der Waals surface area contributed by atoms with Gasteiger partial charge in [0.2, 0.25) is 0 Å². The van der Waals surface area contributed by atoms with Gasteiger partial charge in [0, 0.05) is 19.3 Å². The van der Waals surface area contributed by atoms with Gasteiger partial charge in [0.05, 0.1) is 0 Å². The van der Waals surface area contributed by atoms with Crippen molar-refractivity contribution in [3.05, 3.63) is 36.5 Å². The van der Waals surface area contributed by atoms with E-state index in [4.69, 9.17) is 14.2 Å². The van der Waals surface area contributed by atoms with Crippen molar-refractivity contribution in [1.82, 2.24) is 0 Å². The molecule has 0 aromatic rings. The van der Waals surface area contributed by atoms with Crippen LogP contribution in [0.2, 0.25) is 0 Å². The number of esters is 3. The highest BCUT2D eigenvalue weighted by molar-refractivity contribution is 5.71. The van der Waals surface area contributed by atoms with E-state index in [0.29, 0.717) is 19.3 Å². The molecule has 1 unspecified atom stereocenters. The Hall–Kier alpha value is -2.37. The van der Waals surface area contributed by atoms with Gasteiger partial charge < -0.3 is 14.2 Å². The van der Waals surface area contributed by atoms with E-state index in [9.17, 15) is 14.4 Å². The van der Waals surface area contributed by atoms with Crippen molar-refractivity contribution < 1.29 is 28.6 Å². The molecule has 470 valence electrons. The van der Waals surface area contributed by atoms with Gasteiger partial charge in [0.1, 0.15) is 13.2 Å². The van der Waals surface area contributed by atoms with E-state index in [1.165, 1.54) is 295 Å². The largest absolute Gasteiger partial charge is 0.462 e. The molecule has 0 N–H and O–H groups in total. The van der Waals surface area contributed by atoms with Crippen LogP contribution < -0.4 is 0 Å². The van der Waals surface area contributed by atoms with Crippen LogP contribution in [0, 0.1) is 0 Å². The molecule has 0 aliphatic heterocycles. The summed E-state index contributed by atoms with van der Waals surface area (Å²) in [6.07, 6.45) is 86.0. The minimum Gasteiger partial charge on any atom is -0.462 e. The third-order valence-electron chi connectivity index (χ3n) is 16.4. The molecule has 0 aliphatic carbocycles. The van der Waals surface area contributed by atoms with Crippen LogP contribution in [0.3, 0.4) is 0 Å². The molecule has 1 atom stereocenters.